The number of aromatic nitrogens is 5. The van der Waals surface area contributed by atoms with Crippen molar-refractivity contribution >= 4 is 11.6 Å². The fraction of sp³-hybridized carbons (Fsp3) is 0.296. The van der Waals surface area contributed by atoms with Crippen LogP contribution in [0.15, 0.2) is 67.3 Å². The van der Waals surface area contributed by atoms with Gasteiger partial charge in [0, 0.05) is 40.8 Å². The van der Waals surface area contributed by atoms with E-state index in [0.29, 0.717) is 23.0 Å². The summed E-state index contributed by atoms with van der Waals surface area (Å²) in [6.45, 7) is 0.220. The number of halogens is 3. The molecule has 1 aliphatic rings. The zero-order valence-electron chi connectivity index (χ0n) is 20.5. The number of benzene rings is 1. The summed E-state index contributed by atoms with van der Waals surface area (Å²) in [6, 6.07) is 14.1. The van der Waals surface area contributed by atoms with Crippen molar-refractivity contribution in [1.29, 1.82) is 0 Å². The summed E-state index contributed by atoms with van der Waals surface area (Å²) < 4.78 is 43.7. The summed E-state index contributed by atoms with van der Waals surface area (Å²) in [4.78, 5) is 21.8. The first-order valence-corrected chi connectivity index (χ1v) is 12.1. The SMILES string of the molecule is CC(COCC(F)(F)F)n1cnnc1-c1cccc(NC(=O)c2cc(-c3ccc(C4CC4)nc3)ccn2)c1. The number of alkyl halides is 3. The van der Waals surface area contributed by atoms with E-state index in [9.17, 15) is 18.0 Å². The molecular weight excluding hydrogens is 497 g/mol. The summed E-state index contributed by atoms with van der Waals surface area (Å²) in [5.74, 6) is 0.617. The van der Waals surface area contributed by atoms with Crippen molar-refractivity contribution in [3.8, 4) is 22.5 Å². The summed E-state index contributed by atoms with van der Waals surface area (Å²) in [7, 11) is 0. The smallest absolute Gasteiger partial charge is 0.370 e. The Bertz CT molecular complexity index is 1420. The van der Waals surface area contributed by atoms with Gasteiger partial charge in [0.1, 0.15) is 18.6 Å². The van der Waals surface area contributed by atoms with Crippen LogP contribution in [-0.2, 0) is 4.74 Å². The van der Waals surface area contributed by atoms with Gasteiger partial charge in [0.25, 0.3) is 5.91 Å². The van der Waals surface area contributed by atoms with Crippen LogP contribution in [0.1, 0.15) is 47.9 Å². The van der Waals surface area contributed by atoms with E-state index >= 15 is 0 Å². The number of amides is 1. The van der Waals surface area contributed by atoms with Gasteiger partial charge < -0.3 is 14.6 Å². The number of carbonyl (C=O) groups excluding carboxylic acids is 1. The molecule has 5 rings (SSSR count). The van der Waals surface area contributed by atoms with Crippen LogP contribution in [-0.4, -0.2) is 50.0 Å². The topological polar surface area (TPSA) is 94.8 Å². The molecule has 196 valence electrons. The lowest BCUT2D eigenvalue weighted by Crippen LogP contribution is -2.21. The maximum absolute atomic E-state index is 13.0. The third-order valence-electron chi connectivity index (χ3n) is 6.16. The molecule has 38 heavy (non-hydrogen) atoms. The molecule has 1 saturated carbocycles. The Morgan fingerprint density at radius 1 is 1.11 bits per heavy atom. The Labute approximate surface area is 216 Å². The minimum Gasteiger partial charge on any atom is -0.370 e. The zero-order chi connectivity index (χ0) is 26.7. The van der Waals surface area contributed by atoms with Gasteiger partial charge >= 0.3 is 6.18 Å². The Morgan fingerprint density at radius 3 is 2.68 bits per heavy atom. The molecule has 1 atom stereocenters. The maximum Gasteiger partial charge on any atom is 0.411 e. The van der Waals surface area contributed by atoms with Gasteiger partial charge in [-0.15, -0.1) is 10.2 Å². The summed E-state index contributed by atoms with van der Waals surface area (Å²) in [5, 5.41) is 10.9. The van der Waals surface area contributed by atoms with Crippen LogP contribution >= 0.6 is 0 Å². The summed E-state index contributed by atoms with van der Waals surface area (Å²) in [6.07, 6.45) is 2.80. The van der Waals surface area contributed by atoms with Gasteiger partial charge in [0.2, 0.25) is 0 Å². The lowest BCUT2D eigenvalue weighted by Gasteiger charge is -2.17. The number of rotatable bonds is 9. The van der Waals surface area contributed by atoms with E-state index in [1.165, 1.54) is 19.2 Å². The van der Waals surface area contributed by atoms with Crippen LogP contribution in [0.25, 0.3) is 22.5 Å². The number of nitrogens with zero attached hydrogens (tertiary/aromatic N) is 5. The largest absolute Gasteiger partial charge is 0.411 e. The minimum atomic E-state index is -4.39. The van der Waals surface area contributed by atoms with E-state index < -0.39 is 18.8 Å². The van der Waals surface area contributed by atoms with Crippen LogP contribution in [0.5, 0.6) is 0 Å². The van der Waals surface area contributed by atoms with Crippen LogP contribution in [0.2, 0.25) is 0 Å². The van der Waals surface area contributed by atoms with Crippen LogP contribution < -0.4 is 5.32 Å². The second-order valence-corrected chi connectivity index (χ2v) is 9.25. The molecule has 0 radical (unpaired) electrons. The van der Waals surface area contributed by atoms with E-state index in [2.05, 4.69) is 25.5 Å². The summed E-state index contributed by atoms with van der Waals surface area (Å²) in [5.41, 5.74) is 4.22. The Morgan fingerprint density at radius 2 is 1.95 bits per heavy atom. The third-order valence-corrected chi connectivity index (χ3v) is 6.16. The first-order valence-electron chi connectivity index (χ1n) is 12.1. The first kappa shape index (κ1) is 25.5. The second-order valence-electron chi connectivity index (χ2n) is 9.25. The molecule has 8 nitrogen and oxygen atoms in total. The van der Waals surface area contributed by atoms with Crippen LogP contribution in [0, 0.1) is 0 Å². The molecule has 1 unspecified atom stereocenters. The normalized spacial score (nSPS) is 14.3. The first-order chi connectivity index (χ1) is 18.3. The van der Waals surface area contributed by atoms with Gasteiger partial charge in [0.05, 0.1) is 12.6 Å². The monoisotopic (exact) mass is 522 g/mol. The third kappa shape index (κ3) is 6.23. The lowest BCUT2D eigenvalue weighted by atomic mass is 10.1. The predicted octanol–water partition coefficient (Wildman–Crippen LogP) is 5.67. The highest BCUT2D eigenvalue weighted by molar-refractivity contribution is 6.03. The average Bonchev–Trinajstić information content (AvgIpc) is 3.64. The number of hydrogen-bond donors (Lipinski definition) is 1. The highest BCUT2D eigenvalue weighted by atomic mass is 19.4. The van der Waals surface area contributed by atoms with Crippen molar-refractivity contribution in [2.75, 3.05) is 18.5 Å². The highest BCUT2D eigenvalue weighted by Gasteiger charge is 2.28. The van der Waals surface area contributed by atoms with Crippen molar-refractivity contribution in [2.45, 2.75) is 37.9 Å². The van der Waals surface area contributed by atoms with Crippen molar-refractivity contribution in [1.82, 2.24) is 24.7 Å². The number of ether oxygens (including phenoxy) is 1. The molecule has 3 aromatic heterocycles. The van der Waals surface area contributed by atoms with Crippen molar-refractivity contribution < 1.29 is 22.7 Å². The number of pyridine rings is 2. The molecule has 0 aliphatic heterocycles. The van der Waals surface area contributed by atoms with Gasteiger partial charge in [0.15, 0.2) is 5.82 Å². The van der Waals surface area contributed by atoms with E-state index in [-0.39, 0.29) is 18.2 Å². The van der Waals surface area contributed by atoms with E-state index in [1.807, 2.05) is 24.4 Å². The van der Waals surface area contributed by atoms with Crippen molar-refractivity contribution in [2.24, 2.45) is 0 Å². The molecule has 1 aromatic carbocycles. The van der Waals surface area contributed by atoms with Gasteiger partial charge in [-0.1, -0.05) is 18.2 Å². The highest BCUT2D eigenvalue weighted by Crippen LogP contribution is 2.39. The number of nitrogens with one attached hydrogen (secondary N) is 1. The van der Waals surface area contributed by atoms with E-state index in [1.54, 1.807) is 48.0 Å². The molecule has 0 saturated heterocycles. The molecule has 1 amide bonds. The Kier molecular flexibility index (Phi) is 7.19. The molecule has 0 spiro atoms. The molecule has 1 aliphatic carbocycles. The molecule has 1 N–H and O–H groups in total. The van der Waals surface area contributed by atoms with Gasteiger partial charge in [-0.2, -0.15) is 13.2 Å². The molecule has 3 heterocycles. The zero-order valence-corrected chi connectivity index (χ0v) is 20.5. The van der Waals surface area contributed by atoms with Crippen LogP contribution in [0.4, 0.5) is 18.9 Å². The number of carbonyl (C=O) groups is 1. The number of anilines is 1. The molecule has 1 fully saturated rings. The predicted molar refractivity (Wildman–Crippen MR) is 134 cm³/mol. The van der Waals surface area contributed by atoms with E-state index in [4.69, 9.17) is 4.74 Å². The fourth-order valence-corrected chi connectivity index (χ4v) is 4.06. The van der Waals surface area contributed by atoms with Gasteiger partial charge in [-0.25, -0.2) is 0 Å². The lowest BCUT2D eigenvalue weighted by molar-refractivity contribution is -0.175. The van der Waals surface area contributed by atoms with E-state index in [0.717, 1.165) is 16.8 Å². The Balaban J connectivity index is 1.28. The maximum atomic E-state index is 13.0. The van der Waals surface area contributed by atoms with Gasteiger partial charge in [-0.05, 0) is 55.7 Å². The van der Waals surface area contributed by atoms with Crippen molar-refractivity contribution in [3.05, 3.63) is 78.6 Å². The number of hydrogen-bond acceptors (Lipinski definition) is 6. The average molecular weight is 523 g/mol. The van der Waals surface area contributed by atoms with Crippen LogP contribution in [0.3, 0.4) is 0 Å². The molecule has 4 aromatic rings. The quantitative estimate of drug-likeness (QED) is 0.304. The van der Waals surface area contributed by atoms with Gasteiger partial charge in [-0.3, -0.25) is 14.8 Å². The molecular formula is C27H25F3N6O2. The molecule has 11 heteroatoms. The fourth-order valence-electron chi connectivity index (χ4n) is 4.06. The van der Waals surface area contributed by atoms with Crippen molar-refractivity contribution in [3.63, 3.8) is 0 Å². The summed E-state index contributed by atoms with van der Waals surface area (Å²) >= 11 is 0. The molecule has 0 bridgehead atoms. The minimum absolute atomic E-state index is 0.165. The standard InChI is InChI=1S/C27H25F3N6O2/c1-17(14-38-15-27(28,29)30)36-16-33-35-25(36)20-3-2-4-22(11-20)34-26(37)24-12-19(9-10-31-24)21-7-8-23(32-13-21)18-5-6-18/h2-4,7-13,16-18H,5-6,14-15H2,1H3,(H,34,37). The second kappa shape index (κ2) is 10.7. The Hall–Kier alpha value is -4.12.